The largest absolute Gasteiger partial charge is 0.467 e. The van der Waals surface area contributed by atoms with Crippen LogP contribution >= 0.6 is 15.9 Å². The molecule has 0 radical (unpaired) electrons. The number of furan rings is 1. The zero-order valence-electron chi connectivity index (χ0n) is 19.1. The van der Waals surface area contributed by atoms with Crippen molar-refractivity contribution >= 4 is 39.1 Å². The molecule has 1 heterocycles. The number of hydrogen-bond donors (Lipinski definition) is 2. The first-order valence-corrected chi connectivity index (χ1v) is 12.1. The van der Waals surface area contributed by atoms with Gasteiger partial charge in [-0.3, -0.25) is 9.59 Å². The quantitative estimate of drug-likeness (QED) is 0.319. The van der Waals surface area contributed by atoms with Crippen LogP contribution in [0.1, 0.15) is 59.6 Å². The van der Waals surface area contributed by atoms with Crippen LogP contribution in [0, 0.1) is 0 Å². The predicted octanol–water partition coefficient (Wildman–Crippen LogP) is 6.24. The van der Waals surface area contributed by atoms with Crippen molar-refractivity contribution in [3.63, 3.8) is 0 Å². The summed E-state index contributed by atoms with van der Waals surface area (Å²) < 4.78 is 6.28. The summed E-state index contributed by atoms with van der Waals surface area (Å²) >= 11 is 3.42. The van der Waals surface area contributed by atoms with Gasteiger partial charge in [-0.1, -0.05) is 32.4 Å². The maximum Gasteiger partial charge on any atom is 0.256 e. The third-order valence-corrected chi connectivity index (χ3v) is 5.89. The van der Waals surface area contributed by atoms with Gasteiger partial charge in [-0.2, -0.15) is 0 Å². The van der Waals surface area contributed by atoms with Crippen LogP contribution in [-0.2, 0) is 6.54 Å². The number of carbonyl (C=O) groups is 2. The third kappa shape index (κ3) is 6.71. The number of nitrogens with zero attached hydrogens (tertiary/aromatic N) is 1. The maximum absolute atomic E-state index is 13.1. The van der Waals surface area contributed by atoms with E-state index in [1.54, 1.807) is 18.4 Å². The van der Waals surface area contributed by atoms with Crippen LogP contribution < -0.4 is 15.5 Å². The highest BCUT2D eigenvalue weighted by molar-refractivity contribution is 9.10. The highest BCUT2D eigenvalue weighted by Crippen LogP contribution is 2.28. The summed E-state index contributed by atoms with van der Waals surface area (Å²) in [6.45, 7) is 6.08. The topological polar surface area (TPSA) is 74.6 Å². The van der Waals surface area contributed by atoms with Gasteiger partial charge in [0.1, 0.15) is 5.76 Å². The number of nitrogens with one attached hydrogen (secondary N) is 2. The fourth-order valence-electron chi connectivity index (χ4n) is 3.47. The van der Waals surface area contributed by atoms with Crippen molar-refractivity contribution in [1.29, 1.82) is 0 Å². The summed E-state index contributed by atoms with van der Waals surface area (Å²) in [4.78, 5) is 28.0. The van der Waals surface area contributed by atoms with E-state index in [1.807, 2.05) is 49.4 Å². The normalized spacial score (nSPS) is 10.6. The number of halogens is 1. The van der Waals surface area contributed by atoms with Crippen molar-refractivity contribution in [3.8, 4) is 0 Å². The van der Waals surface area contributed by atoms with E-state index in [4.69, 9.17) is 4.42 Å². The Hall–Kier alpha value is -3.06. The number of carbonyl (C=O) groups excluding carboxylic acids is 2. The van der Waals surface area contributed by atoms with Crippen LogP contribution in [0.25, 0.3) is 0 Å². The lowest BCUT2D eigenvalue weighted by molar-refractivity contribution is 0.0952. The van der Waals surface area contributed by atoms with Crippen molar-refractivity contribution < 1.29 is 14.0 Å². The number of amides is 2. The van der Waals surface area contributed by atoms with Gasteiger partial charge in [0.15, 0.2) is 0 Å². The Morgan fingerprint density at radius 1 is 0.970 bits per heavy atom. The second kappa shape index (κ2) is 12.3. The fraction of sp³-hybridized carbons (Fsp3) is 0.308. The molecule has 2 amide bonds. The summed E-state index contributed by atoms with van der Waals surface area (Å²) in [5, 5.41) is 5.89. The Morgan fingerprint density at radius 3 is 2.48 bits per heavy atom. The summed E-state index contributed by atoms with van der Waals surface area (Å²) in [5.41, 5.74) is 2.43. The van der Waals surface area contributed by atoms with Gasteiger partial charge in [0.25, 0.3) is 11.8 Å². The number of benzene rings is 2. The van der Waals surface area contributed by atoms with E-state index in [0.29, 0.717) is 34.4 Å². The van der Waals surface area contributed by atoms with E-state index in [1.165, 1.54) is 0 Å². The molecule has 0 unspecified atom stereocenters. The molecule has 3 aromatic rings. The van der Waals surface area contributed by atoms with E-state index < -0.39 is 0 Å². The van der Waals surface area contributed by atoms with Crippen LogP contribution in [0.15, 0.2) is 69.8 Å². The lowest BCUT2D eigenvalue weighted by Crippen LogP contribution is -2.30. The van der Waals surface area contributed by atoms with Crippen LogP contribution in [0.4, 0.5) is 11.4 Å². The molecule has 33 heavy (non-hydrogen) atoms. The molecule has 2 N–H and O–H groups in total. The minimum atomic E-state index is -0.242. The smallest absolute Gasteiger partial charge is 0.256 e. The zero-order chi connectivity index (χ0) is 23.6. The minimum Gasteiger partial charge on any atom is -0.467 e. The summed E-state index contributed by atoms with van der Waals surface area (Å²) in [5.74, 6) is 0.427. The Morgan fingerprint density at radius 2 is 1.79 bits per heavy atom. The first kappa shape index (κ1) is 24.6. The highest BCUT2D eigenvalue weighted by atomic mass is 79.9. The summed E-state index contributed by atoms with van der Waals surface area (Å²) in [7, 11) is 0. The molecule has 0 aliphatic carbocycles. The maximum atomic E-state index is 13.1. The van der Waals surface area contributed by atoms with Gasteiger partial charge in [-0.05, 0) is 71.2 Å². The molecule has 0 aliphatic rings. The molecule has 0 fully saturated rings. The lowest BCUT2D eigenvalue weighted by atomic mass is 10.1. The van der Waals surface area contributed by atoms with Crippen molar-refractivity contribution in [1.82, 2.24) is 5.32 Å². The molecule has 174 valence electrons. The Kier molecular flexibility index (Phi) is 9.13. The van der Waals surface area contributed by atoms with E-state index in [9.17, 15) is 9.59 Å². The van der Waals surface area contributed by atoms with Crippen LogP contribution in [0.5, 0.6) is 0 Å². The molecule has 2 aromatic carbocycles. The first-order chi connectivity index (χ1) is 16.0. The first-order valence-electron chi connectivity index (χ1n) is 11.3. The molecule has 0 saturated heterocycles. The zero-order valence-corrected chi connectivity index (χ0v) is 20.7. The molecule has 6 nitrogen and oxygen atoms in total. The molecule has 0 atom stereocenters. The number of rotatable bonds is 11. The molecule has 1 aromatic heterocycles. The Labute approximate surface area is 203 Å². The number of unbranched alkanes of at least 4 members (excludes halogenated alkanes) is 1. The van der Waals surface area contributed by atoms with Crippen molar-refractivity contribution in [2.75, 3.05) is 23.3 Å². The highest BCUT2D eigenvalue weighted by Gasteiger charge is 2.19. The van der Waals surface area contributed by atoms with E-state index in [-0.39, 0.29) is 11.8 Å². The average Bonchev–Trinajstić information content (AvgIpc) is 3.33. The molecule has 3 rings (SSSR count). The molecule has 0 aliphatic heterocycles. The number of hydrogen-bond acceptors (Lipinski definition) is 4. The molecule has 0 spiro atoms. The molecular formula is C26H30BrN3O3. The summed E-state index contributed by atoms with van der Waals surface area (Å²) in [6, 6.07) is 16.5. The third-order valence-electron chi connectivity index (χ3n) is 5.20. The van der Waals surface area contributed by atoms with Crippen molar-refractivity contribution in [2.24, 2.45) is 0 Å². The lowest BCUT2D eigenvalue weighted by Gasteiger charge is -2.26. The van der Waals surface area contributed by atoms with Crippen LogP contribution in [0.2, 0.25) is 0 Å². The fourth-order valence-corrected chi connectivity index (χ4v) is 3.94. The van der Waals surface area contributed by atoms with E-state index in [2.05, 4.69) is 38.4 Å². The van der Waals surface area contributed by atoms with Crippen molar-refractivity contribution in [3.05, 3.63) is 82.2 Å². The van der Waals surface area contributed by atoms with Gasteiger partial charge in [0.2, 0.25) is 0 Å². The molecular weight excluding hydrogens is 482 g/mol. The molecule has 0 bridgehead atoms. The summed E-state index contributed by atoms with van der Waals surface area (Å²) in [6.07, 6.45) is 4.51. The van der Waals surface area contributed by atoms with Gasteiger partial charge in [0.05, 0.1) is 29.6 Å². The molecule has 7 heteroatoms. The second-order valence-corrected chi connectivity index (χ2v) is 8.63. The van der Waals surface area contributed by atoms with E-state index in [0.717, 1.165) is 37.3 Å². The van der Waals surface area contributed by atoms with Gasteiger partial charge < -0.3 is 20.0 Å². The monoisotopic (exact) mass is 511 g/mol. The van der Waals surface area contributed by atoms with Gasteiger partial charge in [-0.15, -0.1) is 0 Å². The second-order valence-electron chi connectivity index (χ2n) is 7.78. The van der Waals surface area contributed by atoms with Crippen molar-refractivity contribution in [2.45, 2.75) is 39.7 Å². The van der Waals surface area contributed by atoms with Crippen LogP contribution in [0.3, 0.4) is 0 Å². The Balaban J connectivity index is 1.93. The average molecular weight is 512 g/mol. The van der Waals surface area contributed by atoms with Gasteiger partial charge >= 0.3 is 0 Å². The Bertz CT molecular complexity index is 1070. The van der Waals surface area contributed by atoms with Gasteiger partial charge in [-0.25, -0.2) is 0 Å². The van der Waals surface area contributed by atoms with E-state index >= 15 is 0 Å². The predicted molar refractivity (Wildman–Crippen MR) is 136 cm³/mol. The standard InChI is InChI=1S/C26H30BrN3O3/c1-3-5-15-30(18-20-9-8-16-33-20)24-13-12-19(17-22(24)25(31)28-14-4-2)29-26(32)21-10-6-7-11-23(21)27/h6-13,16-17H,3-5,14-15,18H2,1-2H3,(H,28,31)(H,29,32). The van der Waals surface area contributed by atoms with Crippen LogP contribution in [-0.4, -0.2) is 24.9 Å². The number of anilines is 2. The SMILES string of the molecule is CCCCN(Cc1ccco1)c1ccc(NC(=O)c2ccccc2Br)cc1C(=O)NCCC. The minimum absolute atomic E-state index is 0.162. The molecule has 0 saturated carbocycles. The van der Waals surface area contributed by atoms with Gasteiger partial charge in [0, 0.05) is 23.2 Å².